The molecule has 2 aromatic carbocycles. The lowest BCUT2D eigenvalue weighted by Gasteiger charge is -2.33. The molecule has 30 heavy (non-hydrogen) atoms. The van der Waals surface area contributed by atoms with Crippen molar-refractivity contribution in [2.75, 3.05) is 13.9 Å². The Hall–Kier alpha value is -1.72. The van der Waals surface area contributed by atoms with Crippen LogP contribution in [0.4, 0.5) is 0 Å². The molecule has 0 aliphatic heterocycles. The van der Waals surface area contributed by atoms with Crippen molar-refractivity contribution in [1.29, 1.82) is 0 Å². The molecule has 2 rings (SSSR count). The van der Waals surface area contributed by atoms with Gasteiger partial charge in [-0.25, -0.2) is 0 Å². The number of rotatable bonds is 14. The Bertz CT molecular complexity index is 715. The fourth-order valence-corrected chi connectivity index (χ4v) is 6.51. The zero-order valence-corrected chi connectivity index (χ0v) is 20.1. The second-order valence-corrected chi connectivity index (χ2v) is 12.5. The predicted molar refractivity (Wildman–Crippen MR) is 128 cm³/mol. The molecular weight excluding hydrogens is 388 g/mol. The Kier molecular flexibility index (Phi) is 11.1. The molecule has 0 saturated heterocycles. The van der Waals surface area contributed by atoms with Crippen LogP contribution in [-0.4, -0.2) is 22.2 Å². The average Bonchev–Trinajstić information content (AvgIpc) is 2.81. The monoisotopic (exact) mass is 426 g/mol. The van der Waals surface area contributed by atoms with Gasteiger partial charge in [-0.2, -0.15) is 0 Å². The van der Waals surface area contributed by atoms with Crippen LogP contribution in [0.5, 0.6) is 0 Å². The molecule has 3 nitrogen and oxygen atoms in total. The van der Waals surface area contributed by atoms with Gasteiger partial charge in [0.25, 0.3) is 0 Å². The largest absolute Gasteiger partial charge is 0.410 e. The second kappa shape index (κ2) is 13.6. The number of hydrogen-bond donors (Lipinski definition) is 0. The maximum atomic E-state index is 6.85. The van der Waals surface area contributed by atoms with Crippen molar-refractivity contribution in [3.8, 4) is 0 Å². The van der Waals surface area contributed by atoms with Crippen LogP contribution in [0, 0.1) is 0 Å². The summed E-state index contributed by atoms with van der Waals surface area (Å²) in [4.78, 5) is 0. The maximum Gasteiger partial charge on any atom is 0.192 e. The summed E-state index contributed by atoms with van der Waals surface area (Å²) in [5, 5.41) is 0. The van der Waals surface area contributed by atoms with Gasteiger partial charge in [-0.3, -0.25) is 0 Å². The quantitative estimate of drug-likeness (QED) is 0.140. The molecule has 0 saturated carbocycles. The van der Waals surface area contributed by atoms with Gasteiger partial charge in [0.2, 0.25) is 0 Å². The average molecular weight is 427 g/mol. The van der Waals surface area contributed by atoms with Crippen LogP contribution in [0.2, 0.25) is 18.1 Å². The number of benzene rings is 2. The Morgan fingerprint density at radius 3 is 2.07 bits per heavy atom. The molecule has 0 aromatic heterocycles. The van der Waals surface area contributed by atoms with E-state index in [0.29, 0.717) is 13.4 Å². The summed E-state index contributed by atoms with van der Waals surface area (Å²) >= 11 is 0. The summed E-state index contributed by atoms with van der Waals surface area (Å²) in [6, 6.07) is 22.8. The van der Waals surface area contributed by atoms with E-state index in [0.717, 1.165) is 18.4 Å². The molecule has 164 valence electrons. The molecule has 2 aromatic rings. The highest BCUT2D eigenvalue weighted by molar-refractivity contribution is 6.73. The SMILES string of the molecule is CC[Si](CC)(CC)OC(C/C=C\Cc1ccc(COCOC)cc1)c1ccccc1. The van der Waals surface area contributed by atoms with Crippen LogP contribution in [0.25, 0.3) is 0 Å². The van der Waals surface area contributed by atoms with E-state index in [1.807, 2.05) is 0 Å². The lowest BCUT2D eigenvalue weighted by Crippen LogP contribution is -2.37. The van der Waals surface area contributed by atoms with Gasteiger partial charge in [-0.1, -0.05) is 87.5 Å². The second-order valence-electron chi connectivity index (χ2n) is 7.74. The molecule has 0 fully saturated rings. The minimum Gasteiger partial charge on any atom is -0.410 e. The van der Waals surface area contributed by atoms with Gasteiger partial charge in [-0.15, -0.1) is 0 Å². The van der Waals surface area contributed by atoms with E-state index in [2.05, 4.69) is 87.5 Å². The van der Waals surface area contributed by atoms with Gasteiger partial charge in [0.1, 0.15) is 6.79 Å². The first-order valence-corrected chi connectivity index (χ1v) is 13.7. The molecule has 0 aliphatic carbocycles. The zero-order valence-electron chi connectivity index (χ0n) is 19.1. The molecule has 0 N–H and O–H groups in total. The molecule has 0 aliphatic rings. The first kappa shape index (κ1) is 24.5. The molecular formula is C26H38O3Si. The van der Waals surface area contributed by atoms with E-state index in [1.54, 1.807) is 7.11 Å². The lowest BCUT2D eigenvalue weighted by molar-refractivity contribution is -0.0390. The van der Waals surface area contributed by atoms with Crippen molar-refractivity contribution >= 4 is 8.32 Å². The number of ether oxygens (including phenoxy) is 2. The Balaban J connectivity index is 1.97. The minimum absolute atomic E-state index is 0.147. The third kappa shape index (κ3) is 7.84. The molecule has 0 bridgehead atoms. The summed E-state index contributed by atoms with van der Waals surface area (Å²) < 4.78 is 17.2. The van der Waals surface area contributed by atoms with E-state index < -0.39 is 8.32 Å². The summed E-state index contributed by atoms with van der Waals surface area (Å²) in [6.45, 7) is 7.79. The normalized spacial score (nSPS) is 13.1. The number of allylic oxidation sites excluding steroid dienone is 1. The van der Waals surface area contributed by atoms with Crippen molar-refractivity contribution in [2.45, 2.75) is 64.5 Å². The van der Waals surface area contributed by atoms with Crippen LogP contribution in [0.1, 0.15) is 50.0 Å². The Morgan fingerprint density at radius 1 is 0.833 bits per heavy atom. The lowest BCUT2D eigenvalue weighted by atomic mass is 10.1. The van der Waals surface area contributed by atoms with Crippen molar-refractivity contribution < 1.29 is 13.9 Å². The molecule has 0 amide bonds. The highest BCUT2D eigenvalue weighted by atomic mass is 28.4. The predicted octanol–water partition coefficient (Wildman–Crippen LogP) is 7.06. The fourth-order valence-electron chi connectivity index (χ4n) is 3.68. The Labute approximate surface area is 184 Å². The topological polar surface area (TPSA) is 27.7 Å². The van der Waals surface area contributed by atoms with Crippen LogP contribution < -0.4 is 0 Å². The highest BCUT2D eigenvalue weighted by Gasteiger charge is 2.32. The van der Waals surface area contributed by atoms with Crippen molar-refractivity contribution in [3.63, 3.8) is 0 Å². The first-order valence-electron chi connectivity index (χ1n) is 11.2. The standard InChI is InChI=1S/C26H38O3Si/c1-5-30(6-2,7-3)29-26(25-14-9-8-10-15-25)16-12-11-13-23-17-19-24(20-18-23)21-28-22-27-4/h8-12,14-15,17-20,26H,5-7,13,16,21-22H2,1-4H3/b12-11-. The zero-order chi connectivity index (χ0) is 21.7. The van der Waals surface area contributed by atoms with Gasteiger partial charge in [0.15, 0.2) is 8.32 Å². The van der Waals surface area contributed by atoms with Crippen LogP contribution >= 0.6 is 0 Å². The Morgan fingerprint density at radius 2 is 1.47 bits per heavy atom. The molecule has 0 heterocycles. The van der Waals surface area contributed by atoms with Gasteiger partial charge in [0, 0.05) is 7.11 Å². The molecule has 4 heteroatoms. The number of methoxy groups -OCH3 is 1. The van der Waals surface area contributed by atoms with Gasteiger partial charge < -0.3 is 13.9 Å². The van der Waals surface area contributed by atoms with Crippen LogP contribution in [-0.2, 0) is 26.9 Å². The van der Waals surface area contributed by atoms with Gasteiger partial charge >= 0.3 is 0 Å². The summed E-state index contributed by atoms with van der Waals surface area (Å²) in [6.07, 6.45) is 6.55. The molecule has 0 radical (unpaired) electrons. The van der Waals surface area contributed by atoms with E-state index in [4.69, 9.17) is 13.9 Å². The van der Waals surface area contributed by atoms with Crippen molar-refractivity contribution in [3.05, 3.63) is 83.4 Å². The van der Waals surface area contributed by atoms with E-state index >= 15 is 0 Å². The van der Waals surface area contributed by atoms with Gasteiger partial charge in [-0.05, 0) is 47.7 Å². The molecule has 1 atom stereocenters. The summed E-state index contributed by atoms with van der Waals surface area (Å²) in [5.74, 6) is 0. The number of hydrogen-bond acceptors (Lipinski definition) is 3. The van der Waals surface area contributed by atoms with Crippen LogP contribution in [0.3, 0.4) is 0 Å². The molecule has 0 spiro atoms. The van der Waals surface area contributed by atoms with Gasteiger partial charge in [0.05, 0.1) is 12.7 Å². The summed E-state index contributed by atoms with van der Waals surface area (Å²) in [5.41, 5.74) is 3.76. The third-order valence-electron chi connectivity index (χ3n) is 5.86. The smallest absolute Gasteiger partial charge is 0.192 e. The van der Waals surface area contributed by atoms with E-state index in [9.17, 15) is 0 Å². The van der Waals surface area contributed by atoms with Crippen molar-refractivity contribution in [1.82, 2.24) is 0 Å². The minimum atomic E-state index is -1.66. The first-order chi connectivity index (χ1) is 14.7. The summed E-state index contributed by atoms with van der Waals surface area (Å²) in [7, 11) is -0.0257. The van der Waals surface area contributed by atoms with Crippen molar-refractivity contribution in [2.24, 2.45) is 0 Å². The highest BCUT2D eigenvalue weighted by Crippen LogP contribution is 2.32. The maximum absolute atomic E-state index is 6.85. The van der Waals surface area contributed by atoms with E-state index in [-0.39, 0.29) is 6.10 Å². The van der Waals surface area contributed by atoms with Crippen LogP contribution in [0.15, 0.2) is 66.7 Å². The third-order valence-corrected chi connectivity index (χ3v) is 10.5. The fraction of sp³-hybridized carbons (Fsp3) is 0.462. The molecule has 1 unspecified atom stereocenters. The van der Waals surface area contributed by atoms with E-state index in [1.165, 1.54) is 29.3 Å².